The molecule has 1 saturated carbocycles. The Balaban J connectivity index is 1.36. The number of nitrogens with two attached hydrogens (primary N) is 2. The molecule has 0 amide bonds. The number of nitrogen functional groups attached to an aromatic ring is 1. The summed E-state index contributed by atoms with van der Waals surface area (Å²) in [6.45, 7) is 1.30. The highest BCUT2D eigenvalue weighted by atomic mass is 35.5. The van der Waals surface area contributed by atoms with Gasteiger partial charge in [0.05, 0.1) is 26.2 Å². The van der Waals surface area contributed by atoms with E-state index >= 15 is 4.39 Å². The molecule has 0 unspecified atom stereocenters. The van der Waals surface area contributed by atoms with Crippen molar-refractivity contribution in [2.75, 3.05) is 25.4 Å². The van der Waals surface area contributed by atoms with E-state index in [9.17, 15) is 14.0 Å². The van der Waals surface area contributed by atoms with Crippen molar-refractivity contribution in [2.45, 2.75) is 56.0 Å². The lowest BCUT2D eigenvalue weighted by Gasteiger charge is -2.33. The zero-order valence-corrected chi connectivity index (χ0v) is 23.9. The van der Waals surface area contributed by atoms with Crippen LogP contribution < -0.4 is 20.9 Å². The van der Waals surface area contributed by atoms with Crippen LogP contribution in [0.2, 0.25) is 5.02 Å². The first-order valence-electron chi connectivity index (χ1n) is 13.7. The average molecular weight is 615 g/mol. The Labute approximate surface area is 248 Å². The molecule has 2 saturated heterocycles. The van der Waals surface area contributed by atoms with E-state index in [1.165, 1.54) is 18.2 Å². The van der Waals surface area contributed by atoms with Crippen molar-refractivity contribution in [3.8, 4) is 29.1 Å². The maximum atomic E-state index is 16.6. The number of nitriles is 1. The molecule has 2 aromatic carbocycles. The molecule has 3 fully saturated rings. The second-order valence-corrected chi connectivity index (χ2v) is 12.8. The molecule has 0 radical (unpaired) electrons. The van der Waals surface area contributed by atoms with E-state index in [0.717, 1.165) is 30.7 Å². The van der Waals surface area contributed by atoms with Crippen LogP contribution in [0.25, 0.3) is 32.1 Å². The highest BCUT2D eigenvalue weighted by molar-refractivity contribution is 7.23. The predicted molar refractivity (Wildman–Crippen MR) is 155 cm³/mol. The summed E-state index contributed by atoms with van der Waals surface area (Å²) >= 11 is 7.59. The zero-order chi connectivity index (χ0) is 29.3. The lowest BCUT2D eigenvalue weighted by atomic mass is 9.90. The van der Waals surface area contributed by atoms with E-state index in [2.05, 4.69) is 14.9 Å². The minimum absolute atomic E-state index is 0.00229. The molecule has 8 nitrogen and oxygen atoms in total. The SMILES string of the molecule is N#Cc1c(N)sc2c(F)ccc(-c3c(Cl)cc4c(O[C@H]5C[C@@H](N)C5)nc(OC[C@@]56CCCN5C[C@H](F)C6)nc4c3F)c12. The third-order valence-corrected chi connectivity index (χ3v) is 9.99. The quantitative estimate of drug-likeness (QED) is 0.283. The molecule has 3 aliphatic rings. The highest BCUT2D eigenvalue weighted by Crippen LogP contribution is 2.46. The molecule has 13 heteroatoms. The van der Waals surface area contributed by atoms with E-state index in [0.29, 0.717) is 25.8 Å². The molecule has 4 aromatic rings. The maximum Gasteiger partial charge on any atom is 0.320 e. The van der Waals surface area contributed by atoms with Gasteiger partial charge in [-0.15, -0.1) is 11.3 Å². The number of fused-ring (bicyclic) bond motifs is 3. The lowest BCUT2D eigenvalue weighted by Crippen LogP contribution is -2.44. The Morgan fingerprint density at radius 3 is 2.83 bits per heavy atom. The first kappa shape index (κ1) is 27.5. The van der Waals surface area contributed by atoms with Crippen molar-refractivity contribution in [3.63, 3.8) is 0 Å². The Kier molecular flexibility index (Phi) is 6.62. The van der Waals surface area contributed by atoms with Gasteiger partial charge in [-0.05, 0) is 49.9 Å². The van der Waals surface area contributed by atoms with Crippen LogP contribution in [0.5, 0.6) is 11.9 Å². The monoisotopic (exact) mass is 614 g/mol. The Hall–Kier alpha value is -3.37. The molecule has 7 rings (SSSR count). The number of aromatic nitrogens is 2. The van der Waals surface area contributed by atoms with Gasteiger partial charge in [0.2, 0.25) is 5.88 Å². The Morgan fingerprint density at radius 2 is 2.07 bits per heavy atom. The molecule has 2 aromatic heterocycles. The Morgan fingerprint density at radius 1 is 1.26 bits per heavy atom. The minimum Gasteiger partial charge on any atom is -0.474 e. The van der Waals surface area contributed by atoms with E-state index in [1.54, 1.807) is 0 Å². The number of hydrogen-bond donors (Lipinski definition) is 2. The average Bonchev–Trinajstić information content (AvgIpc) is 3.57. The number of hydrogen-bond acceptors (Lipinski definition) is 9. The second-order valence-electron chi connectivity index (χ2n) is 11.3. The van der Waals surface area contributed by atoms with Crippen LogP contribution in [0.4, 0.5) is 18.2 Å². The number of ether oxygens (including phenoxy) is 2. The summed E-state index contributed by atoms with van der Waals surface area (Å²) < 4.78 is 57.9. The molecule has 2 atom stereocenters. The van der Waals surface area contributed by atoms with Crippen LogP contribution in [0.3, 0.4) is 0 Å². The molecule has 4 heterocycles. The van der Waals surface area contributed by atoms with Crippen molar-refractivity contribution in [3.05, 3.63) is 40.4 Å². The summed E-state index contributed by atoms with van der Waals surface area (Å²) in [5.74, 6) is -1.30. The van der Waals surface area contributed by atoms with Gasteiger partial charge in [0, 0.05) is 30.0 Å². The molecule has 0 bridgehead atoms. The summed E-state index contributed by atoms with van der Waals surface area (Å²) in [5.41, 5.74) is 11.5. The number of benzene rings is 2. The van der Waals surface area contributed by atoms with Crippen molar-refractivity contribution in [2.24, 2.45) is 5.73 Å². The first-order valence-corrected chi connectivity index (χ1v) is 14.9. The zero-order valence-electron chi connectivity index (χ0n) is 22.3. The van der Waals surface area contributed by atoms with Gasteiger partial charge in [-0.1, -0.05) is 17.7 Å². The minimum atomic E-state index is -0.938. The van der Waals surface area contributed by atoms with Gasteiger partial charge in [0.15, 0.2) is 5.82 Å². The van der Waals surface area contributed by atoms with Crippen LogP contribution in [-0.2, 0) is 0 Å². The van der Waals surface area contributed by atoms with Crippen LogP contribution in [-0.4, -0.2) is 58.4 Å². The van der Waals surface area contributed by atoms with Crippen molar-refractivity contribution < 1.29 is 22.6 Å². The van der Waals surface area contributed by atoms with E-state index in [-0.39, 0.29) is 78.3 Å². The maximum absolute atomic E-state index is 16.6. The molecule has 4 N–H and O–H groups in total. The van der Waals surface area contributed by atoms with Gasteiger partial charge in [-0.25, -0.2) is 13.2 Å². The number of thiophene rings is 1. The largest absolute Gasteiger partial charge is 0.474 e. The van der Waals surface area contributed by atoms with Crippen LogP contribution >= 0.6 is 22.9 Å². The molecule has 1 aliphatic carbocycles. The molecule has 42 heavy (non-hydrogen) atoms. The van der Waals surface area contributed by atoms with Gasteiger partial charge in [0.25, 0.3) is 0 Å². The van der Waals surface area contributed by atoms with Gasteiger partial charge in [0.1, 0.15) is 41.3 Å². The van der Waals surface area contributed by atoms with E-state index < -0.39 is 23.3 Å². The van der Waals surface area contributed by atoms with E-state index in [4.69, 9.17) is 32.5 Å². The topological polar surface area (TPSA) is 123 Å². The van der Waals surface area contributed by atoms with Crippen molar-refractivity contribution in [1.82, 2.24) is 14.9 Å². The summed E-state index contributed by atoms with van der Waals surface area (Å²) in [7, 11) is 0. The van der Waals surface area contributed by atoms with Gasteiger partial charge in [-0.3, -0.25) is 4.90 Å². The fraction of sp³-hybridized carbons (Fsp3) is 0.414. The fourth-order valence-electron chi connectivity index (χ4n) is 6.57. The van der Waals surface area contributed by atoms with Gasteiger partial charge < -0.3 is 20.9 Å². The van der Waals surface area contributed by atoms with Crippen LogP contribution in [0, 0.1) is 23.0 Å². The fourth-order valence-corrected chi connectivity index (χ4v) is 7.81. The number of alkyl halides is 1. The molecular formula is C29H26ClF3N6O2S. The first-order chi connectivity index (χ1) is 20.2. The summed E-state index contributed by atoms with van der Waals surface area (Å²) in [4.78, 5) is 11.0. The van der Waals surface area contributed by atoms with E-state index in [1.807, 2.05) is 6.07 Å². The number of anilines is 1. The molecule has 2 aliphatic heterocycles. The standard InChI is InChI=1S/C29H26ClF3N6O2S/c30-19-8-17-24(23(33)22(19)16-2-3-20(32)25-21(16)18(10-34)26(36)42-25)37-28(38-27(17)41-15-6-14(35)7-15)40-12-29-4-1-5-39(29)11-13(31)9-29/h2-3,8,13-15H,1,4-7,9,11-12,35-36H2/t13-,14-,15+,29+/m1/s1. The number of nitrogens with zero attached hydrogens (tertiary/aromatic N) is 4. The summed E-state index contributed by atoms with van der Waals surface area (Å²) in [6.07, 6.45) is 2.12. The molecule has 218 valence electrons. The summed E-state index contributed by atoms with van der Waals surface area (Å²) in [6, 6.07) is 5.93. The van der Waals surface area contributed by atoms with Gasteiger partial charge in [-0.2, -0.15) is 15.2 Å². The van der Waals surface area contributed by atoms with Gasteiger partial charge >= 0.3 is 6.01 Å². The molecular weight excluding hydrogens is 589 g/mol. The molecule has 0 spiro atoms. The Bertz CT molecular complexity index is 1790. The predicted octanol–water partition coefficient (Wildman–Crippen LogP) is 5.72. The smallest absolute Gasteiger partial charge is 0.320 e. The highest BCUT2D eigenvalue weighted by Gasteiger charge is 2.49. The summed E-state index contributed by atoms with van der Waals surface area (Å²) in [5, 5.41) is 10.3. The van der Waals surface area contributed by atoms with Crippen LogP contribution in [0.15, 0.2) is 18.2 Å². The number of halogens is 4. The second kappa shape index (κ2) is 10.1. The normalized spacial score (nSPS) is 25.5. The van der Waals surface area contributed by atoms with Crippen molar-refractivity contribution >= 4 is 48.9 Å². The third kappa shape index (κ3) is 4.33. The van der Waals surface area contributed by atoms with Crippen LogP contribution in [0.1, 0.15) is 37.7 Å². The third-order valence-electron chi connectivity index (χ3n) is 8.67. The van der Waals surface area contributed by atoms with Crippen molar-refractivity contribution in [1.29, 1.82) is 5.26 Å². The lowest BCUT2D eigenvalue weighted by molar-refractivity contribution is 0.0911. The number of rotatable bonds is 6.